The summed E-state index contributed by atoms with van der Waals surface area (Å²) in [5.41, 5.74) is 8.70. The molecule has 3 aromatic rings. The molecule has 21 heteroatoms. The molecule has 7 N–H and O–H groups in total. The summed E-state index contributed by atoms with van der Waals surface area (Å²) in [4.78, 5) is -1.42. The SMILES string of the molecule is N=C1C=Cc2c([O-])cc(S(=O)(=O)O)cc2C1=NN=C1C=CC(=C2C=CC(N=Nc3c([NH-])ccc4c(O)cc(S(=O)(=O)O)cc34)=CC2=[N+](O)O)C=C1.[Na+].[Na+]. The zero-order valence-electron chi connectivity index (χ0n) is 27.5. The van der Waals surface area contributed by atoms with Crippen LogP contribution in [0, 0.1) is 5.41 Å². The Labute approximate surface area is 344 Å². The molecule has 53 heavy (non-hydrogen) atoms. The van der Waals surface area contributed by atoms with Gasteiger partial charge in [-0.15, -0.1) is 10.8 Å². The Hall–Kier alpha value is -4.54. The van der Waals surface area contributed by atoms with Gasteiger partial charge in [0.15, 0.2) is 0 Å². The molecule has 0 unspecified atom stereocenters. The summed E-state index contributed by atoms with van der Waals surface area (Å²) in [6.45, 7) is 0. The Morgan fingerprint density at radius 1 is 0.774 bits per heavy atom. The zero-order chi connectivity index (χ0) is 36.8. The van der Waals surface area contributed by atoms with Gasteiger partial charge in [-0.05, 0) is 59.7 Å². The average Bonchev–Trinajstić information content (AvgIpc) is 3.06. The molecule has 0 heterocycles. The van der Waals surface area contributed by atoms with Gasteiger partial charge in [-0.25, -0.2) is 10.4 Å². The molecule has 3 aliphatic carbocycles. The summed E-state index contributed by atoms with van der Waals surface area (Å²) >= 11 is 0. The first-order valence-corrected chi connectivity index (χ1v) is 17.1. The first kappa shape index (κ1) is 41.2. The predicted molar refractivity (Wildman–Crippen MR) is 182 cm³/mol. The summed E-state index contributed by atoms with van der Waals surface area (Å²) in [6, 6.07) is 6.36. The standard InChI is InChI=1S/C32H23N7O10S2.2Na/c33-26-9-7-22-24(12-19(14-29(22)40)50(44,45)46)31(26)37-35-17-3-1-16(2-4-17)21-6-5-18(11-28(21)39(42)43)36-38-32-25-13-20(51(47,48)49)15-30(41)23(25)8-10-27(32)34;;/h1-15,42-43H,(H6,33,34,40,41,44,45,46,47,48,49);;/q;2*+1/p-1. The molecule has 0 fully saturated rings. The van der Waals surface area contributed by atoms with E-state index in [0.29, 0.717) is 11.1 Å². The third-order valence-electron chi connectivity index (χ3n) is 7.60. The van der Waals surface area contributed by atoms with Crippen LogP contribution in [-0.2, 0) is 20.2 Å². The van der Waals surface area contributed by atoms with Crippen LogP contribution in [0.2, 0.25) is 0 Å². The van der Waals surface area contributed by atoms with Gasteiger partial charge in [-0.1, -0.05) is 36.1 Å². The van der Waals surface area contributed by atoms with Crippen LogP contribution in [0.15, 0.2) is 132 Å². The largest absolute Gasteiger partial charge is 1.00 e. The van der Waals surface area contributed by atoms with Gasteiger partial charge >= 0.3 is 64.8 Å². The van der Waals surface area contributed by atoms with Gasteiger partial charge in [-0.3, -0.25) is 14.5 Å². The number of nitrogens with one attached hydrogen (secondary N) is 2. The number of hydrogen-bond acceptors (Lipinski definition) is 13. The van der Waals surface area contributed by atoms with Crippen LogP contribution in [0.3, 0.4) is 0 Å². The van der Waals surface area contributed by atoms with Crippen molar-refractivity contribution in [2.24, 2.45) is 20.4 Å². The topological polar surface area (TPSA) is 293 Å². The fraction of sp³-hybridized carbons (Fsp3) is 0. The van der Waals surface area contributed by atoms with Gasteiger partial charge in [0.25, 0.3) is 20.2 Å². The average molecular weight is 775 g/mol. The molecular weight excluding hydrogens is 753 g/mol. The van der Waals surface area contributed by atoms with Crippen LogP contribution in [-0.4, -0.2) is 69.2 Å². The predicted octanol–water partition coefficient (Wildman–Crippen LogP) is -1.11. The van der Waals surface area contributed by atoms with Gasteiger partial charge in [-0.2, -0.15) is 32.2 Å². The minimum absolute atomic E-state index is 0. The Kier molecular flexibility index (Phi) is 12.3. The molecule has 6 rings (SSSR count). The van der Waals surface area contributed by atoms with E-state index in [1.165, 1.54) is 54.7 Å². The van der Waals surface area contributed by atoms with Crippen molar-refractivity contribution >= 4 is 71.3 Å². The number of phenolic OH excluding ortho intramolecular Hbond substituents is 1. The number of allylic oxidation sites excluding steroid dienone is 10. The summed E-state index contributed by atoms with van der Waals surface area (Å²) < 4.78 is 65.7. The minimum Gasteiger partial charge on any atom is -0.872 e. The molecule has 0 aliphatic heterocycles. The summed E-state index contributed by atoms with van der Waals surface area (Å²) in [5.74, 6) is -1.18. The van der Waals surface area contributed by atoms with Gasteiger partial charge in [0.1, 0.15) is 11.5 Å². The quantitative estimate of drug-likeness (QED) is 0.0597. The second kappa shape index (κ2) is 15.8. The molecule has 3 aromatic carbocycles. The van der Waals surface area contributed by atoms with E-state index in [9.17, 15) is 46.6 Å². The molecule has 0 spiro atoms. The van der Waals surface area contributed by atoms with Crippen LogP contribution < -0.4 is 64.2 Å². The zero-order valence-corrected chi connectivity index (χ0v) is 33.1. The van der Waals surface area contributed by atoms with Crippen molar-refractivity contribution in [2.75, 3.05) is 0 Å². The maximum Gasteiger partial charge on any atom is 1.00 e. The van der Waals surface area contributed by atoms with Crippen molar-refractivity contribution in [3.05, 3.63) is 119 Å². The molecule has 0 atom stereocenters. The van der Waals surface area contributed by atoms with E-state index >= 15 is 0 Å². The third-order valence-corrected chi connectivity index (χ3v) is 9.27. The first-order chi connectivity index (χ1) is 24.0. The number of benzene rings is 3. The van der Waals surface area contributed by atoms with Crippen LogP contribution in [0.5, 0.6) is 11.5 Å². The molecule has 258 valence electrons. The van der Waals surface area contributed by atoms with Gasteiger partial charge in [0.05, 0.1) is 38.2 Å². The molecule has 0 saturated heterocycles. The van der Waals surface area contributed by atoms with Gasteiger partial charge < -0.3 is 15.9 Å². The molecule has 0 bridgehead atoms. The molecule has 0 radical (unpaired) electrons. The van der Waals surface area contributed by atoms with Crippen molar-refractivity contribution in [3.63, 3.8) is 0 Å². The number of azo groups is 1. The minimum atomic E-state index is -4.72. The maximum atomic E-state index is 12.5. The smallest absolute Gasteiger partial charge is 0.872 e. The van der Waals surface area contributed by atoms with Crippen molar-refractivity contribution < 1.29 is 111 Å². The second-order valence-electron chi connectivity index (χ2n) is 10.9. The van der Waals surface area contributed by atoms with Crippen LogP contribution in [0.4, 0.5) is 11.4 Å². The molecular formula is C32H22N7Na2O10S2+. The van der Waals surface area contributed by atoms with Crippen LogP contribution in [0.25, 0.3) is 22.6 Å². The van der Waals surface area contributed by atoms with Crippen LogP contribution in [0.1, 0.15) is 11.1 Å². The normalized spacial score (nSPS) is 16.2. The maximum absolute atomic E-state index is 12.5. The van der Waals surface area contributed by atoms with Crippen molar-refractivity contribution in [1.82, 2.24) is 0 Å². The number of aromatic hydroxyl groups is 1. The Balaban J connectivity index is 0.00000314. The number of nitrogens with zero attached hydrogens (tertiary/aromatic N) is 5. The van der Waals surface area contributed by atoms with Gasteiger partial charge in [0, 0.05) is 28.5 Å². The van der Waals surface area contributed by atoms with E-state index < -0.39 is 41.5 Å². The molecule has 3 aliphatic rings. The summed E-state index contributed by atoms with van der Waals surface area (Å²) in [7, 11) is -9.42. The molecule has 0 amide bonds. The van der Waals surface area contributed by atoms with E-state index in [0.717, 1.165) is 24.3 Å². The fourth-order valence-electron chi connectivity index (χ4n) is 5.16. The first-order valence-electron chi connectivity index (χ1n) is 14.2. The molecule has 0 saturated carbocycles. The fourth-order valence-corrected chi connectivity index (χ4v) is 6.21. The van der Waals surface area contributed by atoms with Gasteiger partial charge in [0.2, 0.25) is 4.90 Å². The van der Waals surface area contributed by atoms with E-state index in [4.69, 9.17) is 11.1 Å². The Bertz CT molecular complexity index is 2640. The number of fused-ring (bicyclic) bond motifs is 2. The number of hydrogen-bond donors (Lipinski definition) is 6. The van der Waals surface area contributed by atoms with Crippen LogP contribution >= 0.6 is 0 Å². The summed E-state index contributed by atoms with van der Waals surface area (Å²) in [6.07, 6.45) is 13.0. The Morgan fingerprint density at radius 2 is 1.43 bits per heavy atom. The monoisotopic (exact) mass is 774 g/mol. The van der Waals surface area contributed by atoms with E-state index in [1.807, 2.05) is 0 Å². The number of rotatable bonds is 5. The van der Waals surface area contributed by atoms with E-state index in [-0.39, 0.29) is 126 Å². The second-order valence-corrected chi connectivity index (χ2v) is 13.7. The van der Waals surface area contributed by atoms with E-state index in [1.54, 1.807) is 12.2 Å². The van der Waals surface area contributed by atoms with Crippen molar-refractivity contribution in [1.29, 1.82) is 5.41 Å². The van der Waals surface area contributed by atoms with Crippen molar-refractivity contribution in [3.8, 4) is 11.5 Å². The van der Waals surface area contributed by atoms with E-state index in [2.05, 4.69) is 20.4 Å². The van der Waals surface area contributed by atoms with Crippen molar-refractivity contribution in [2.45, 2.75) is 9.79 Å². The summed E-state index contributed by atoms with van der Waals surface area (Å²) in [5, 5.41) is 67.5. The number of phenols is 1. The molecule has 0 aromatic heterocycles. The third kappa shape index (κ3) is 8.65. The molecule has 17 nitrogen and oxygen atoms in total. The Morgan fingerprint density at radius 3 is 2.08 bits per heavy atom.